The number of hydrogen-bond donors (Lipinski definition) is 2. The van der Waals surface area contributed by atoms with E-state index in [0.29, 0.717) is 31.1 Å². The van der Waals surface area contributed by atoms with Gasteiger partial charge < -0.3 is 14.9 Å². The number of aliphatic hydroxyl groups is 1. The molecule has 1 aromatic heterocycles. The molecule has 1 atom stereocenters. The Hall–Kier alpha value is -2.18. The lowest BCUT2D eigenvalue weighted by Gasteiger charge is -2.28. The summed E-state index contributed by atoms with van der Waals surface area (Å²) in [4.78, 5) is 14.3. The SMILES string of the molecule is Cc1ccccc1CCNC(=O)c1cc(CN2CCC[C@@H](O)C2)on1. The van der Waals surface area contributed by atoms with Crippen LogP contribution in [0.2, 0.25) is 0 Å². The second kappa shape index (κ2) is 8.27. The molecule has 6 heteroatoms. The summed E-state index contributed by atoms with van der Waals surface area (Å²) in [6, 6.07) is 9.84. The third-order valence-electron chi connectivity index (χ3n) is 4.59. The highest BCUT2D eigenvalue weighted by atomic mass is 16.5. The van der Waals surface area contributed by atoms with Gasteiger partial charge in [-0.3, -0.25) is 9.69 Å². The normalized spacial score (nSPS) is 18.2. The van der Waals surface area contributed by atoms with Crippen LogP contribution in [-0.2, 0) is 13.0 Å². The van der Waals surface area contributed by atoms with Gasteiger partial charge in [0.25, 0.3) is 5.91 Å². The van der Waals surface area contributed by atoms with Crippen molar-refractivity contribution in [2.75, 3.05) is 19.6 Å². The Morgan fingerprint density at radius 1 is 1.44 bits per heavy atom. The number of aryl methyl sites for hydroxylation is 1. The highest BCUT2D eigenvalue weighted by Gasteiger charge is 2.20. The molecule has 1 aliphatic rings. The number of nitrogens with one attached hydrogen (secondary N) is 1. The third kappa shape index (κ3) is 4.90. The van der Waals surface area contributed by atoms with Gasteiger partial charge in [0.2, 0.25) is 0 Å². The quantitative estimate of drug-likeness (QED) is 0.838. The second-order valence-corrected chi connectivity index (χ2v) is 6.64. The minimum absolute atomic E-state index is 0.220. The van der Waals surface area contributed by atoms with Crippen molar-refractivity contribution in [3.05, 3.63) is 52.9 Å². The topological polar surface area (TPSA) is 78.6 Å². The molecule has 1 aliphatic heterocycles. The van der Waals surface area contributed by atoms with E-state index in [4.69, 9.17) is 4.52 Å². The number of β-amino-alcohol motifs (C(OH)–C–C–N with tert-alkyl or cyclic N) is 1. The lowest BCUT2D eigenvalue weighted by Crippen LogP contribution is -2.37. The summed E-state index contributed by atoms with van der Waals surface area (Å²) in [5, 5.41) is 16.5. The number of hydrogen-bond acceptors (Lipinski definition) is 5. The van der Waals surface area contributed by atoms with E-state index in [2.05, 4.69) is 34.4 Å². The number of benzene rings is 1. The molecule has 0 spiro atoms. The van der Waals surface area contributed by atoms with Crippen LogP contribution in [0.3, 0.4) is 0 Å². The van der Waals surface area contributed by atoms with Crippen LogP contribution in [-0.4, -0.2) is 46.8 Å². The molecule has 134 valence electrons. The molecule has 1 amide bonds. The number of carbonyl (C=O) groups excluding carboxylic acids is 1. The molecule has 1 aromatic carbocycles. The van der Waals surface area contributed by atoms with Crippen LogP contribution in [0.5, 0.6) is 0 Å². The zero-order valence-electron chi connectivity index (χ0n) is 14.6. The standard InChI is InChI=1S/C19H25N3O3/c1-14-5-2-3-6-15(14)8-9-20-19(24)18-11-17(25-21-18)13-22-10-4-7-16(23)12-22/h2-3,5-6,11,16,23H,4,7-10,12-13H2,1H3,(H,20,24)/t16-/m1/s1. The van der Waals surface area contributed by atoms with Gasteiger partial charge >= 0.3 is 0 Å². The first-order valence-corrected chi connectivity index (χ1v) is 8.80. The molecule has 25 heavy (non-hydrogen) atoms. The predicted molar refractivity (Wildman–Crippen MR) is 94.2 cm³/mol. The lowest BCUT2D eigenvalue weighted by molar-refractivity contribution is 0.0622. The summed E-state index contributed by atoms with van der Waals surface area (Å²) in [6.45, 7) is 4.76. The predicted octanol–water partition coefficient (Wildman–Crippen LogP) is 1.91. The zero-order valence-corrected chi connectivity index (χ0v) is 14.6. The summed E-state index contributed by atoms with van der Waals surface area (Å²) in [5.74, 6) is 0.431. The van der Waals surface area contributed by atoms with Gasteiger partial charge in [0.15, 0.2) is 11.5 Å². The number of carbonyl (C=O) groups is 1. The minimum Gasteiger partial charge on any atom is -0.392 e. The molecule has 2 aromatic rings. The Morgan fingerprint density at radius 3 is 3.08 bits per heavy atom. The van der Waals surface area contributed by atoms with Crippen LogP contribution in [0, 0.1) is 6.92 Å². The average Bonchev–Trinajstić information content (AvgIpc) is 3.05. The van der Waals surface area contributed by atoms with Crippen LogP contribution in [0.1, 0.15) is 40.2 Å². The fourth-order valence-corrected chi connectivity index (χ4v) is 3.18. The highest BCUT2D eigenvalue weighted by molar-refractivity contribution is 5.92. The van der Waals surface area contributed by atoms with Crippen molar-refractivity contribution in [2.45, 2.75) is 38.8 Å². The number of piperidine rings is 1. The summed E-state index contributed by atoms with van der Waals surface area (Å²) in [6.07, 6.45) is 2.33. The lowest BCUT2D eigenvalue weighted by atomic mass is 10.1. The molecule has 0 radical (unpaired) electrons. The van der Waals surface area contributed by atoms with Gasteiger partial charge in [-0.1, -0.05) is 29.4 Å². The molecular formula is C19H25N3O3. The molecule has 0 unspecified atom stereocenters. The fourth-order valence-electron chi connectivity index (χ4n) is 3.18. The summed E-state index contributed by atoms with van der Waals surface area (Å²) < 4.78 is 5.27. The summed E-state index contributed by atoms with van der Waals surface area (Å²) >= 11 is 0. The first-order valence-electron chi connectivity index (χ1n) is 8.80. The van der Waals surface area contributed by atoms with Crippen molar-refractivity contribution in [1.82, 2.24) is 15.4 Å². The van der Waals surface area contributed by atoms with E-state index >= 15 is 0 Å². The van der Waals surface area contributed by atoms with Crippen LogP contribution < -0.4 is 5.32 Å². The zero-order chi connectivity index (χ0) is 17.6. The maximum atomic E-state index is 12.2. The van der Waals surface area contributed by atoms with E-state index in [9.17, 15) is 9.90 Å². The Labute approximate surface area is 147 Å². The maximum absolute atomic E-state index is 12.2. The van der Waals surface area contributed by atoms with E-state index in [1.54, 1.807) is 6.07 Å². The monoisotopic (exact) mass is 343 g/mol. The Bertz CT molecular complexity index is 713. The first kappa shape index (κ1) is 17.6. The number of likely N-dealkylation sites (tertiary alicyclic amines) is 1. The van der Waals surface area contributed by atoms with Crippen molar-refractivity contribution in [1.29, 1.82) is 0 Å². The van der Waals surface area contributed by atoms with Crippen LogP contribution in [0.4, 0.5) is 0 Å². The molecule has 2 N–H and O–H groups in total. The minimum atomic E-state index is -0.277. The van der Waals surface area contributed by atoms with E-state index in [0.717, 1.165) is 25.8 Å². The van der Waals surface area contributed by atoms with E-state index in [1.807, 2.05) is 12.1 Å². The van der Waals surface area contributed by atoms with E-state index in [1.165, 1.54) is 11.1 Å². The Kier molecular flexibility index (Phi) is 5.83. The van der Waals surface area contributed by atoms with Crippen LogP contribution in [0.25, 0.3) is 0 Å². The number of amides is 1. The number of rotatable bonds is 6. The van der Waals surface area contributed by atoms with Crippen LogP contribution >= 0.6 is 0 Å². The molecule has 3 rings (SSSR count). The first-order chi connectivity index (χ1) is 12.1. The maximum Gasteiger partial charge on any atom is 0.273 e. The van der Waals surface area contributed by atoms with Crippen molar-refractivity contribution in [3.63, 3.8) is 0 Å². The van der Waals surface area contributed by atoms with E-state index < -0.39 is 0 Å². The third-order valence-corrected chi connectivity index (χ3v) is 4.59. The van der Waals surface area contributed by atoms with Gasteiger partial charge in [-0.15, -0.1) is 0 Å². The number of aromatic nitrogens is 1. The van der Waals surface area contributed by atoms with Crippen molar-refractivity contribution < 1.29 is 14.4 Å². The van der Waals surface area contributed by atoms with Crippen molar-refractivity contribution in [2.24, 2.45) is 0 Å². The fraction of sp³-hybridized carbons (Fsp3) is 0.474. The van der Waals surface area contributed by atoms with Crippen LogP contribution in [0.15, 0.2) is 34.9 Å². The van der Waals surface area contributed by atoms with Gasteiger partial charge in [-0.2, -0.15) is 0 Å². The van der Waals surface area contributed by atoms with E-state index in [-0.39, 0.29) is 12.0 Å². The molecular weight excluding hydrogens is 318 g/mol. The smallest absolute Gasteiger partial charge is 0.273 e. The highest BCUT2D eigenvalue weighted by Crippen LogP contribution is 2.14. The number of aliphatic hydroxyl groups excluding tert-OH is 1. The molecule has 1 saturated heterocycles. The molecule has 2 heterocycles. The van der Waals surface area contributed by atoms with Crippen molar-refractivity contribution >= 4 is 5.91 Å². The van der Waals surface area contributed by atoms with Gasteiger partial charge in [-0.05, 0) is 43.9 Å². The van der Waals surface area contributed by atoms with Gasteiger partial charge in [0.05, 0.1) is 12.6 Å². The Morgan fingerprint density at radius 2 is 2.28 bits per heavy atom. The summed E-state index contributed by atoms with van der Waals surface area (Å²) in [5.41, 5.74) is 2.76. The molecule has 0 aliphatic carbocycles. The molecule has 0 saturated carbocycles. The largest absolute Gasteiger partial charge is 0.392 e. The second-order valence-electron chi connectivity index (χ2n) is 6.64. The molecule has 0 bridgehead atoms. The molecule has 6 nitrogen and oxygen atoms in total. The van der Waals surface area contributed by atoms with Gasteiger partial charge in [0.1, 0.15) is 0 Å². The average molecular weight is 343 g/mol. The van der Waals surface area contributed by atoms with Gasteiger partial charge in [0, 0.05) is 19.2 Å². The summed E-state index contributed by atoms with van der Waals surface area (Å²) in [7, 11) is 0. The van der Waals surface area contributed by atoms with Gasteiger partial charge in [-0.25, -0.2) is 0 Å². The Balaban J connectivity index is 1.48. The van der Waals surface area contributed by atoms with Crippen molar-refractivity contribution in [3.8, 4) is 0 Å². The number of nitrogens with zero attached hydrogens (tertiary/aromatic N) is 2. The molecule has 1 fully saturated rings.